The molecule has 4 heteroatoms. The molecule has 0 radical (unpaired) electrons. The molecule has 0 bridgehead atoms. The van der Waals surface area contributed by atoms with Gasteiger partial charge >= 0.3 is 0 Å². The van der Waals surface area contributed by atoms with Gasteiger partial charge in [-0.05, 0) is 24.3 Å². The Morgan fingerprint density at radius 1 is 1.05 bits per heavy atom. The van der Waals surface area contributed by atoms with Gasteiger partial charge in [-0.2, -0.15) is 4.74 Å². The molecule has 0 N–H and O–H groups in total. The van der Waals surface area contributed by atoms with Gasteiger partial charge < -0.3 is 9.94 Å². The highest BCUT2D eigenvalue weighted by Crippen LogP contribution is 2.11. The Bertz CT molecular complexity index is 646. The molecule has 3 rings (SSSR count). The van der Waals surface area contributed by atoms with E-state index in [1.165, 1.54) is 0 Å². The molecule has 0 amide bonds. The maximum absolute atomic E-state index is 12.0. The van der Waals surface area contributed by atoms with Gasteiger partial charge in [0.2, 0.25) is 11.6 Å². The molecule has 0 fully saturated rings. The molecule has 1 aliphatic rings. The third-order valence-electron chi connectivity index (χ3n) is 3.02. The van der Waals surface area contributed by atoms with Gasteiger partial charge in [0.15, 0.2) is 6.21 Å². The van der Waals surface area contributed by atoms with Gasteiger partial charge in [0, 0.05) is 23.3 Å². The van der Waals surface area contributed by atoms with Crippen molar-refractivity contribution in [1.82, 2.24) is 0 Å². The highest BCUT2D eigenvalue weighted by molar-refractivity contribution is 5.95. The van der Waals surface area contributed by atoms with Gasteiger partial charge in [0.1, 0.15) is 6.61 Å². The fourth-order valence-corrected chi connectivity index (χ4v) is 2.01. The molecule has 0 aliphatic carbocycles. The van der Waals surface area contributed by atoms with Crippen LogP contribution in [0.1, 0.15) is 11.1 Å². The van der Waals surface area contributed by atoms with Gasteiger partial charge in [0.25, 0.3) is 0 Å². The summed E-state index contributed by atoms with van der Waals surface area (Å²) in [6.07, 6.45) is 1.55. The van der Waals surface area contributed by atoms with Crippen molar-refractivity contribution < 1.29 is 9.48 Å². The van der Waals surface area contributed by atoms with Crippen LogP contribution in [-0.4, -0.2) is 30.0 Å². The Balaban J connectivity index is 1.81. The van der Waals surface area contributed by atoms with Crippen LogP contribution in [0.15, 0.2) is 59.6 Å². The number of benzene rings is 2. The average molecular weight is 266 g/mol. The van der Waals surface area contributed by atoms with Gasteiger partial charge in [0.05, 0.1) is 6.54 Å². The number of hydrogen-bond acceptors (Lipinski definition) is 3. The van der Waals surface area contributed by atoms with E-state index in [0.717, 1.165) is 15.9 Å². The van der Waals surface area contributed by atoms with Crippen molar-refractivity contribution in [2.75, 3.05) is 13.2 Å². The number of para-hydroxylation sites is 1. The molecular weight excluding hydrogens is 252 g/mol. The van der Waals surface area contributed by atoms with E-state index in [4.69, 9.17) is 4.74 Å². The Hall–Kier alpha value is -2.62. The van der Waals surface area contributed by atoms with Crippen LogP contribution < -0.4 is 0 Å². The lowest BCUT2D eigenvalue weighted by atomic mass is 10.1. The molecule has 1 heterocycles. The summed E-state index contributed by atoms with van der Waals surface area (Å²) in [5.41, 5.74) is 2.39. The second-order valence-corrected chi connectivity index (χ2v) is 4.45. The zero-order valence-corrected chi connectivity index (χ0v) is 10.9. The monoisotopic (exact) mass is 266 g/mol. The van der Waals surface area contributed by atoms with Crippen LogP contribution in [-0.2, 0) is 4.74 Å². The first-order chi connectivity index (χ1) is 9.83. The molecule has 0 unspecified atom stereocenters. The van der Waals surface area contributed by atoms with Crippen LogP contribution in [0, 0.1) is 5.21 Å². The summed E-state index contributed by atoms with van der Waals surface area (Å²) in [5.74, 6) is 0.679. The summed E-state index contributed by atoms with van der Waals surface area (Å²) >= 11 is 0. The van der Waals surface area contributed by atoms with Crippen molar-refractivity contribution in [3.63, 3.8) is 0 Å². The smallest absolute Gasteiger partial charge is 0.216 e. The SMILES string of the molecule is [O-][N+](=Cc1ccc(C2=NCCO2)cc1)c1ccccc1. The van der Waals surface area contributed by atoms with Gasteiger partial charge in [-0.15, -0.1) is 0 Å². The predicted octanol–water partition coefficient (Wildman–Crippen LogP) is 2.72. The number of hydrogen-bond donors (Lipinski definition) is 0. The van der Waals surface area contributed by atoms with E-state index in [2.05, 4.69) is 4.99 Å². The van der Waals surface area contributed by atoms with E-state index in [-0.39, 0.29) is 0 Å². The topological polar surface area (TPSA) is 47.7 Å². The lowest BCUT2D eigenvalue weighted by molar-refractivity contribution is -0.354. The van der Waals surface area contributed by atoms with Crippen molar-refractivity contribution in [3.8, 4) is 0 Å². The van der Waals surface area contributed by atoms with Crippen LogP contribution in [0.4, 0.5) is 5.69 Å². The number of ether oxygens (including phenoxy) is 1. The molecule has 0 aromatic heterocycles. The van der Waals surface area contributed by atoms with Crippen LogP contribution in [0.3, 0.4) is 0 Å². The molecule has 2 aromatic rings. The summed E-state index contributed by atoms with van der Waals surface area (Å²) < 4.78 is 6.26. The Morgan fingerprint density at radius 3 is 2.45 bits per heavy atom. The fraction of sp³-hybridized carbons (Fsp3) is 0.125. The molecular formula is C16H14N2O2. The van der Waals surface area contributed by atoms with Crippen LogP contribution in [0.2, 0.25) is 0 Å². The second kappa shape index (κ2) is 5.57. The third kappa shape index (κ3) is 2.69. The molecule has 0 saturated heterocycles. The zero-order chi connectivity index (χ0) is 13.8. The number of rotatable bonds is 3. The van der Waals surface area contributed by atoms with E-state index in [1.807, 2.05) is 42.5 Å². The molecule has 20 heavy (non-hydrogen) atoms. The molecule has 1 aliphatic heterocycles. The summed E-state index contributed by atoms with van der Waals surface area (Å²) in [4.78, 5) is 4.26. The highest BCUT2D eigenvalue weighted by atomic mass is 16.5. The van der Waals surface area contributed by atoms with Crippen LogP contribution in [0.5, 0.6) is 0 Å². The predicted molar refractivity (Wildman–Crippen MR) is 78.7 cm³/mol. The van der Waals surface area contributed by atoms with Crippen molar-refractivity contribution >= 4 is 17.8 Å². The quantitative estimate of drug-likeness (QED) is 0.371. The maximum atomic E-state index is 12.0. The largest absolute Gasteiger partial charge is 0.618 e. The molecule has 4 nitrogen and oxygen atoms in total. The standard InChI is InChI=1S/C16H14N2O2/c19-18(15-4-2-1-3-5-15)12-13-6-8-14(9-7-13)16-17-10-11-20-16/h1-9,12H,10-11H2. The van der Waals surface area contributed by atoms with Crippen molar-refractivity contribution in [2.24, 2.45) is 4.99 Å². The molecule has 0 spiro atoms. The number of nitrogens with zero attached hydrogens (tertiary/aromatic N) is 2. The molecule has 0 saturated carbocycles. The Morgan fingerprint density at radius 2 is 1.80 bits per heavy atom. The third-order valence-corrected chi connectivity index (χ3v) is 3.02. The maximum Gasteiger partial charge on any atom is 0.216 e. The van der Waals surface area contributed by atoms with Crippen LogP contribution in [0.25, 0.3) is 0 Å². The zero-order valence-electron chi connectivity index (χ0n) is 10.9. The Labute approximate surface area is 117 Å². The Kier molecular flexibility index (Phi) is 3.46. The van der Waals surface area contributed by atoms with E-state index in [0.29, 0.717) is 24.7 Å². The fourth-order valence-electron chi connectivity index (χ4n) is 2.01. The number of aliphatic imine (C=N–C) groups is 1. The van der Waals surface area contributed by atoms with Crippen LogP contribution >= 0.6 is 0 Å². The first kappa shape index (κ1) is 12.4. The molecule has 2 aromatic carbocycles. The van der Waals surface area contributed by atoms with Gasteiger partial charge in [-0.3, -0.25) is 0 Å². The second-order valence-electron chi connectivity index (χ2n) is 4.45. The summed E-state index contributed by atoms with van der Waals surface area (Å²) in [6.45, 7) is 1.36. The average Bonchev–Trinajstić information content (AvgIpc) is 3.03. The first-order valence-corrected chi connectivity index (χ1v) is 6.47. The highest BCUT2D eigenvalue weighted by Gasteiger charge is 2.09. The molecule has 100 valence electrons. The van der Waals surface area contributed by atoms with E-state index in [9.17, 15) is 5.21 Å². The van der Waals surface area contributed by atoms with E-state index in [1.54, 1.807) is 18.3 Å². The minimum Gasteiger partial charge on any atom is -0.618 e. The van der Waals surface area contributed by atoms with E-state index < -0.39 is 0 Å². The minimum atomic E-state index is 0.611. The minimum absolute atomic E-state index is 0.611. The molecule has 0 atom stereocenters. The van der Waals surface area contributed by atoms with Crippen molar-refractivity contribution in [3.05, 3.63) is 70.9 Å². The van der Waals surface area contributed by atoms with E-state index >= 15 is 0 Å². The lowest BCUT2D eigenvalue weighted by Crippen LogP contribution is -2.02. The summed E-state index contributed by atoms with van der Waals surface area (Å²) in [7, 11) is 0. The summed E-state index contributed by atoms with van der Waals surface area (Å²) in [6, 6.07) is 16.7. The van der Waals surface area contributed by atoms with Crippen molar-refractivity contribution in [1.29, 1.82) is 0 Å². The van der Waals surface area contributed by atoms with Crippen molar-refractivity contribution in [2.45, 2.75) is 0 Å². The van der Waals surface area contributed by atoms with Gasteiger partial charge in [-0.25, -0.2) is 4.99 Å². The van der Waals surface area contributed by atoms with Gasteiger partial charge in [-0.1, -0.05) is 18.2 Å². The summed E-state index contributed by atoms with van der Waals surface area (Å²) in [5, 5.41) is 12.0. The normalized spacial score (nSPS) is 14.8. The lowest BCUT2D eigenvalue weighted by Gasteiger charge is -2.03. The first-order valence-electron chi connectivity index (χ1n) is 6.47.